The molecule has 0 bridgehead atoms. The van der Waals surface area contributed by atoms with Crippen molar-refractivity contribution >= 4 is 32.7 Å². The first-order valence-corrected chi connectivity index (χ1v) is 9.94. The van der Waals surface area contributed by atoms with E-state index >= 15 is 0 Å². The van der Waals surface area contributed by atoms with Gasteiger partial charge in [-0.1, -0.05) is 24.3 Å². The number of aryl methyl sites for hydroxylation is 1. The number of aromatic amines is 1. The van der Waals surface area contributed by atoms with E-state index in [1.807, 2.05) is 12.1 Å². The average molecular weight is 435 g/mol. The molecule has 4 aromatic rings. The molecule has 0 saturated carbocycles. The summed E-state index contributed by atoms with van der Waals surface area (Å²) in [5.74, 6) is 0.946. The number of hydrogen-bond donors (Lipinski definition) is 1. The van der Waals surface area contributed by atoms with E-state index in [0.29, 0.717) is 0 Å². The molecule has 3 heterocycles. The molecular formula is C21H19BrN6. The van der Waals surface area contributed by atoms with Crippen LogP contribution < -0.4 is 4.90 Å². The Balaban J connectivity index is 1.64. The number of halogens is 1. The van der Waals surface area contributed by atoms with Crippen molar-refractivity contribution in [1.29, 1.82) is 0 Å². The molecule has 5 rings (SSSR count). The summed E-state index contributed by atoms with van der Waals surface area (Å²) in [5, 5.41) is 8.68. The summed E-state index contributed by atoms with van der Waals surface area (Å²) in [7, 11) is 0. The molecule has 2 aromatic heterocycles. The maximum Gasteiger partial charge on any atom is 0.130 e. The molecule has 1 saturated heterocycles. The van der Waals surface area contributed by atoms with Crippen LogP contribution in [0.5, 0.6) is 0 Å². The van der Waals surface area contributed by atoms with E-state index in [9.17, 15) is 0 Å². The second kappa shape index (κ2) is 6.60. The molecule has 140 valence electrons. The molecule has 28 heavy (non-hydrogen) atoms. The van der Waals surface area contributed by atoms with Gasteiger partial charge in [-0.15, -0.1) is 4.80 Å². The van der Waals surface area contributed by atoms with Gasteiger partial charge in [0.05, 0.1) is 29.6 Å². The Labute approximate surface area is 171 Å². The monoisotopic (exact) mass is 434 g/mol. The van der Waals surface area contributed by atoms with Gasteiger partial charge >= 0.3 is 0 Å². The van der Waals surface area contributed by atoms with Crippen LogP contribution in [0.15, 0.2) is 65.4 Å². The normalized spacial score (nSPS) is 17.0. The highest BCUT2D eigenvalue weighted by atomic mass is 79.9. The third kappa shape index (κ3) is 2.82. The smallest absolute Gasteiger partial charge is 0.130 e. The van der Waals surface area contributed by atoms with Gasteiger partial charge in [0, 0.05) is 11.0 Å². The van der Waals surface area contributed by atoms with Crippen LogP contribution in [0.2, 0.25) is 0 Å². The fourth-order valence-electron chi connectivity index (χ4n) is 3.84. The molecule has 1 atom stereocenters. The molecule has 0 aliphatic carbocycles. The number of aromatic nitrogens is 5. The van der Waals surface area contributed by atoms with Gasteiger partial charge in [-0.2, -0.15) is 10.2 Å². The zero-order valence-corrected chi connectivity index (χ0v) is 17.0. The first-order chi connectivity index (χ1) is 13.6. The van der Waals surface area contributed by atoms with Crippen molar-refractivity contribution in [3.63, 3.8) is 0 Å². The van der Waals surface area contributed by atoms with Crippen LogP contribution in [0, 0.1) is 6.92 Å². The highest BCUT2D eigenvalue weighted by Crippen LogP contribution is 2.40. The van der Waals surface area contributed by atoms with Crippen LogP contribution in [0.4, 0.5) is 5.69 Å². The Kier molecular flexibility index (Phi) is 4.05. The Hall–Kier alpha value is -2.93. The molecule has 6 nitrogen and oxygen atoms in total. The second-order valence-corrected chi connectivity index (χ2v) is 8.02. The largest absolute Gasteiger partial charge is 0.355 e. The second-order valence-electron chi connectivity index (χ2n) is 7.17. The highest BCUT2D eigenvalue weighted by Gasteiger charge is 2.33. The van der Waals surface area contributed by atoms with Crippen molar-refractivity contribution in [3.8, 4) is 5.69 Å². The molecule has 1 N–H and O–H groups in total. The summed E-state index contributed by atoms with van der Waals surface area (Å²) < 4.78 is 0.993. The lowest BCUT2D eigenvalue weighted by Gasteiger charge is -2.27. The average Bonchev–Trinajstić information content (AvgIpc) is 3.41. The maximum atomic E-state index is 4.90. The lowest BCUT2D eigenvalue weighted by atomic mass is 10.1. The third-order valence-corrected chi connectivity index (χ3v) is 5.76. The lowest BCUT2D eigenvalue weighted by molar-refractivity contribution is 0.679. The zero-order valence-electron chi connectivity index (χ0n) is 15.4. The van der Waals surface area contributed by atoms with Gasteiger partial charge in [0.1, 0.15) is 17.0 Å². The van der Waals surface area contributed by atoms with E-state index in [0.717, 1.165) is 45.7 Å². The molecule has 2 aromatic carbocycles. The number of rotatable bonds is 3. The number of H-pyrrole nitrogens is 1. The van der Waals surface area contributed by atoms with Gasteiger partial charge in [0.15, 0.2) is 0 Å². The number of nitrogens with zero attached hydrogens (tertiary/aromatic N) is 5. The van der Waals surface area contributed by atoms with Gasteiger partial charge in [-0.05, 0) is 59.1 Å². The van der Waals surface area contributed by atoms with Crippen molar-refractivity contribution in [2.45, 2.75) is 19.4 Å². The molecule has 0 amide bonds. The van der Waals surface area contributed by atoms with Gasteiger partial charge < -0.3 is 9.88 Å². The summed E-state index contributed by atoms with van der Waals surface area (Å²) in [6.07, 6.45) is 4.25. The van der Waals surface area contributed by atoms with Gasteiger partial charge in [-0.25, -0.2) is 4.98 Å². The predicted octanol–water partition coefficient (Wildman–Crippen LogP) is 4.72. The highest BCUT2D eigenvalue weighted by molar-refractivity contribution is 9.10. The van der Waals surface area contributed by atoms with Crippen LogP contribution in [0.25, 0.3) is 16.7 Å². The lowest BCUT2D eigenvalue weighted by Crippen LogP contribution is -2.25. The van der Waals surface area contributed by atoms with E-state index in [4.69, 9.17) is 4.98 Å². The van der Waals surface area contributed by atoms with Crippen molar-refractivity contribution < 1.29 is 0 Å². The zero-order chi connectivity index (χ0) is 19.3. The van der Waals surface area contributed by atoms with Crippen LogP contribution in [0.1, 0.15) is 23.9 Å². The van der Waals surface area contributed by atoms with E-state index < -0.39 is 0 Å². The Morgan fingerprint density at radius 2 is 1.96 bits per heavy atom. The first kappa shape index (κ1) is 17.2. The topological polar surface area (TPSA) is 62.6 Å². The summed E-state index contributed by atoms with van der Waals surface area (Å²) in [5.41, 5.74) is 6.39. The van der Waals surface area contributed by atoms with Crippen LogP contribution in [0.3, 0.4) is 0 Å². The summed E-state index contributed by atoms with van der Waals surface area (Å²) >= 11 is 3.60. The fourth-order valence-corrected chi connectivity index (χ4v) is 4.30. The van der Waals surface area contributed by atoms with E-state index in [2.05, 4.69) is 73.8 Å². The number of hydrogen-bond acceptors (Lipinski definition) is 4. The number of imidazole rings is 1. The molecule has 1 fully saturated rings. The van der Waals surface area contributed by atoms with Crippen LogP contribution >= 0.6 is 15.9 Å². The van der Waals surface area contributed by atoms with Gasteiger partial charge in [0.2, 0.25) is 0 Å². The van der Waals surface area contributed by atoms with E-state index in [1.54, 1.807) is 17.2 Å². The molecule has 1 aliphatic rings. The Bertz CT molecular complexity index is 1180. The number of fused-ring (bicyclic) bond motifs is 1. The standard InChI is InChI=1S/C21H19BrN6/c1-13-6-7-17(28-23-8-9-24-28)18(10-13)27-12-14(2)11-19(27)21-25-16-5-3-4-15(22)20(16)26-21/h3-10,19H,2,11-12H2,1H3,(H,25,26)/t19-/m0/s1. The summed E-state index contributed by atoms with van der Waals surface area (Å²) in [6, 6.07) is 12.5. The minimum atomic E-state index is 0.0860. The fraction of sp³-hybridized carbons (Fsp3) is 0.190. The Morgan fingerprint density at radius 3 is 2.75 bits per heavy atom. The minimum absolute atomic E-state index is 0.0860. The van der Waals surface area contributed by atoms with Crippen molar-refractivity contribution in [2.75, 3.05) is 11.4 Å². The first-order valence-electron chi connectivity index (χ1n) is 9.15. The minimum Gasteiger partial charge on any atom is -0.355 e. The number of anilines is 1. The molecule has 1 aliphatic heterocycles. The van der Waals surface area contributed by atoms with E-state index in [1.165, 1.54) is 11.1 Å². The maximum absolute atomic E-state index is 4.90. The summed E-state index contributed by atoms with van der Waals surface area (Å²) in [4.78, 5) is 12.4. The molecule has 0 spiro atoms. The number of benzene rings is 2. The molecule has 0 unspecified atom stereocenters. The van der Waals surface area contributed by atoms with Crippen molar-refractivity contribution in [3.05, 3.63) is 76.8 Å². The molecular weight excluding hydrogens is 416 g/mol. The Morgan fingerprint density at radius 1 is 1.14 bits per heavy atom. The summed E-state index contributed by atoms with van der Waals surface area (Å²) in [6.45, 7) is 7.14. The number of para-hydroxylation sites is 1. The number of nitrogens with one attached hydrogen (secondary N) is 1. The van der Waals surface area contributed by atoms with E-state index in [-0.39, 0.29) is 6.04 Å². The molecule has 0 radical (unpaired) electrons. The SMILES string of the molecule is C=C1C[C@@H](c2nc3c(Br)cccc3[nH]2)N(c2cc(C)ccc2-n2nccn2)C1. The van der Waals surface area contributed by atoms with Crippen LogP contribution in [-0.2, 0) is 0 Å². The van der Waals surface area contributed by atoms with Gasteiger partial charge in [0.25, 0.3) is 0 Å². The third-order valence-electron chi connectivity index (χ3n) is 5.12. The van der Waals surface area contributed by atoms with Crippen LogP contribution in [-0.4, -0.2) is 31.5 Å². The quantitative estimate of drug-likeness (QED) is 0.473. The molecule has 7 heteroatoms. The predicted molar refractivity (Wildman–Crippen MR) is 114 cm³/mol. The van der Waals surface area contributed by atoms with Crippen molar-refractivity contribution in [2.24, 2.45) is 0 Å². The van der Waals surface area contributed by atoms with Crippen molar-refractivity contribution in [1.82, 2.24) is 25.0 Å². The van der Waals surface area contributed by atoms with Gasteiger partial charge in [-0.3, -0.25) is 0 Å².